The van der Waals surface area contributed by atoms with E-state index in [1.165, 1.54) is 12.0 Å². The molecule has 0 saturated carbocycles. The van der Waals surface area contributed by atoms with Crippen LogP contribution in [0.5, 0.6) is 0 Å². The monoisotopic (exact) mass is 358 g/mol. The molecule has 2 N–H and O–H groups in total. The van der Waals surface area contributed by atoms with Gasteiger partial charge in [0.15, 0.2) is 0 Å². The molecule has 0 unspecified atom stereocenters. The second kappa shape index (κ2) is 15.9. The van der Waals surface area contributed by atoms with Crippen molar-refractivity contribution in [1.29, 1.82) is 0 Å². The number of hydrogen-bond donors (Lipinski definition) is 2. The first kappa shape index (κ1) is 25.7. The lowest BCUT2D eigenvalue weighted by Gasteiger charge is -1.99. The molecule has 3 nitrogen and oxygen atoms in total. The summed E-state index contributed by atoms with van der Waals surface area (Å²) < 4.78 is 0. The summed E-state index contributed by atoms with van der Waals surface area (Å²) in [6.07, 6.45) is 2.28. The number of aromatic carboxylic acids is 1. The number of carboxylic acids is 1. The highest BCUT2D eigenvalue weighted by molar-refractivity contribution is 5.87. The summed E-state index contributed by atoms with van der Waals surface area (Å²) in [4.78, 5) is 10.3. The third kappa shape index (κ3) is 11.9. The molecule has 2 aromatic rings. The standard InChI is InChI=1S/C10H12O.C8H8O2.C3H8.C2H6/c1-3-9-4-6-10(7-5-9)8(2)11;1-6-2-4-7(5-3-6)8(9)10;1-3-2;1-2/h4-7,11H,2-3H2,1H3;2-5H,1H3,(H,9,10);3H2,1-2H3;1-2H3. The van der Waals surface area contributed by atoms with E-state index in [1.807, 2.05) is 45.0 Å². The normalized spacial score (nSPS) is 8.54. The highest BCUT2D eigenvalue weighted by Gasteiger charge is 1.98. The maximum Gasteiger partial charge on any atom is 0.335 e. The minimum absolute atomic E-state index is 0.132. The summed E-state index contributed by atoms with van der Waals surface area (Å²) in [6, 6.07) is 14.5. The fourth-order valence-electron chi connectivity index (χ4n) is 1.63. The minimum Gasteiger partial charge on any atom is -0.508 e. The van der Waals surface area contributed by atoms with Crippen molar-refractivity contribution in [2.24, 2.45) is 0 Å². The summed E-state index contributed by atoms with van der Waals surface area (Å²) in [5.74, 6) is -0.743. The summed E-state index contributed by atoms with van der Waals surface area (Å²) in [5.41, 5.74) is 3.48. The van der Waals surface area contributed by atoms with Gasteiger partial charge < -0.3 is 10.2 Å². The first-order valence-corrected chi connectivity index (χ1v) is 9.12. The second-order valence-electron chi connectivity index (χ2n) is 5.38. The fraction of sp³-hybridized carbons (Fsp3) is 0.348. The van der Waals surface area contributed by atoms with Crippen LogP contribution in [0, 0.1) is 6.92 Å². The zero-order valence-electron chi connectivity index (χ0n) is 17.0. The van der Waals surface area contributed by atoms with Crippen molar-refractivity contribution < 1.29 is 15.0 Å². The van der Waals surface area contributed by atoms with Gasteiger partial charge >= 0.3 is 5.97 Å². The van der Waals surface area contributed by atoms with E-state index in [0.29, 0.717) is 5.56 Å². The van der Waals surface area contributed by atoms with Crippen molar-refractivity contribution in [3.05, 3.63) is 77.4 Å². The average Bonchev–Trinajstić information content (AvgIpc) is 2.65. The van der Waals surface area contributed by atoms with Crippen LogP contribution in [0.3, 0.4) is 0 Å². The quantitative estimate of drug-likeness (QED) is 0.586. The van der Waals surface area contributed by atoms with Gasteiger partial charge in [-0.3, -0.25) is 0 Å². The number of hydrogen-bond acceptors (Lipinski definition) is 2. The molecule has 0 aliphatic rings. The first-order valence-electron chi connectivity index (χ1n) is 9.12. The highest BCUT2D eigenvalue weighted by Crippen LogP contribution is 2.10. The predicted molar refractivity (Wildman–Crippen MR) is 113 cm³/mol. The Morgan fingerprint density at radius 3 is 1.54 bits per heavy atom. The molecule has 0 spiro atoms. The molecule has 144 valence electrons. The molecular weight excluding hydrogens is 324 g/mol. The van der Waals surface area contributed by atoms with Crippen LogP contribution in [0.2, 0.25) is 0 Å². The Morgan fingerprint density at radius 1 is 0.846 bits per heavy atom. The zero-order chi connectivity index (χ0) is 20.5. The van der Waals surface area contributed by atoms with Gasteiger partial charge in [-0.25, -0.2) is 4.79 Å². The number of carbonyl (C=O) groups is 1. The number of aliphatic hydroxyl groups is 1. The maximum atomic E-state index is 10.3. The lowest BCUT2D eigenvalue weighted by molar-refractivity contribution is 0.0697. The molecule has 2 aromatic carbocycles. The summed E-state index contributed by atoms with van der Waals surface area (Å²) in [5, 5.41) is 17.5. The molecular formula is C23H34O3. The van der Waals surface area contributed by atoms with E-state index in [0.717, 1.165) is 17.5 Å². The largest absolute Gasteiger partial charge is 0.508 e. The van der Waals surface area contributed by atoms with E-state index in [1.54, 1.807) is 24.3 Å². The van der Waals surface area contributed by atoms with E-state index in [2.05, 4.69) is 27.4 Å². The summed E-state index contributed by atoms with van der Waals surface area (Å²) in [7, 11) is 0. The Bertz CT molecular complexity index is 611. The SMILES string of the molecule is C=C(O)c1ccc(CC)cc1.CC.CCC.Cc1ccc(C(=O)O)cc1. The van der Waals surface area contributed by atoms with Crippen LogP contribution in [0.25, 0.3) is 5.76 Å². The maximum absolute atomic E-state index is 10.3. The van der Waals surface area contributed by atoms with Crippen LogP contribution in [0.15, 0.2) is 55.1 Å². The van der Waals surface area contributed by atoms with Gasteiger partial charge in [0.2, 0.25) is 0 Å². The highest BCUT2D eigenvalue weighted by atomic mass is 16.4. The molecule has 0 aliphatic carbocycles. The predicted octanol–water partition coefficient (Wildman–Crippen LogP) is 6.91. The molecule has 0 aliphatic heterocycles. The van der Waals surface area contributed by atoms with Crippen LogP contribution >= 0.6 is 0 Å². The van der Waals surface area contributed by atoms with Crippen LogP contribution in [-0.4, -0.2) is 16.2 Å². The van der Waals surface area contributed by atoms with Crippen LogP contribution in [0.1, 0.15) is 68.1 Å². The molecule has 0 bridgehead atoms. The molecule has 2 rings (SSSR count). The molecule has 3 heteroatoms. The summed E-state index contributed by atoms with van der Waals surface area (Å²) in [6.45, 7) is 15.7. The van der Waals surface area contributed by atoms with Crippen LogP contribution in [-0.2, 0) is 6.42 Å². The van der Waals surface area contributed by atoms with Crippen molar-refractivity contribution in [2.75, 3.05) is 0 Å². The number of aryl methyl sites for hydroxylation is 2. The molecule has 26 heavy (non-hydrogen) atoms. The Morgan fingerprint density at radius 2 is 1.23 bits per heavy atom. The Balaban J connectivity index is 0. The van der Waals surface area contributed by atoms with Crippen molar-refractivity contribution in [3.8, 4) is 0 Å². The zero-order valence-corrected chi connectivity index (χ0v) is 17.0. The van der Waals surface area contributed by atoms with Crippen molar-refractivity contribution in [2.45, 2.75) is 54.4 Å². The van der Waals surface area contributed by atoms with Crippen LogP contribution in [0.4, 0.5) is 0 Å². The van der Waals surface area contributed by atoms with Crippen molar-refractivity contribution in [3.63, 3.8) is 0 Å². The number of rotatable bonds is 3. The molecule has 0 amide bonds. The molecule has 0 aromatic heterocycles. The molecule has 0 heterocycles. The lowest BCUT2D eigenvalue weighted by atomic mass is 10.1. The average molecular weight is 359 g/mol. The fourth-order valence-corrected chi connectivity index (χ4v) is 1.63. The van der Waals surface area contributed by atoms with Gasteiger partial charge in [-0.15, -0.1) is 0 Å². The van der Waals surface area contributed by atoms with E-state index >= 15 is 0 Å². The van der Waals surface area contributed by atoms with Gasteiger partial charge in [0.05, 0.1) is 5.56 Å². The van der Waals surface area contributed by atoms with Gasteiger partial charge in [0.25, 0.3) is 0 Å². The van der Waals surface area contributed by atoms with Crippen molar-refractivity contribution >= 4 is 11.7 Å². The van der Waals surface area contributed by atoms with Gasteiger partial charge in [-0.05, 0) is 31.0 Å². The molecule has 0 saturated heterocycles. The molecule has 0 fully saturated rings. The Hall–Kier alpha value is -2.55. The Kier molecular flexibility index (Phi) is 15.8. The number of benzene rings is 2. The van der Waals surface area contributed by atoms with E-state index in [4.69, 9.17) is 10.2 Å². The third-order valence-electron chi connectivity index (χ3n) is 2.99. The second-order valence-corrected chi connectivity index (χ2v) is 5.38. The smallest absolute Gasteiger partial charge is 0.335 e. The number of carboxylic acid groups (broad SMARTS) is 1. The van der Waals surface area contributed by atoms with E-state index in [-0.39, 0.29) is 5.76 Å². The summed E-state index contributed by atoms with van der Waals surface area (Å²) >= 11 is 0. The van der Waals surface area contributed by atoms with Gasteiger partial charge in [0, 0.05) is 5.56 Å². The van der Waals surface area contributed by atoms with E-state index < -0.39 is 5.97 Å². The van der Waals surface area contributed by atoms with Gasteiger partial charge in [0.1, 0.15) is 5.76 Å². The lowest BCUT2D eigenvalue weighted by Crippen LogP contribution is -1.94. The minimum atomic E-state index is -0.875. The molecule has 0 atom stereocenters. The number of aliphatic hydroxyl groups excluding tert-OH is 1. The third-order valence-corrected chi connectivity index (χ3v) is 2.99. The van der Waals surface area contributed by atoms with Crippen molar-refractivity contribution in [1.82, 2.24) is 0 Å². The van der Waals surface area contributed by atoms with E-state index in [9.17, 15) is 4.79 Å². The first-order chi connectivity index (χ1) is 12.3. The molecule has 0 radical (unpaired) electrons. The van der Waals surface area contributed by atoms with Gasteiger partial charge in [-0.2, -0.15) is 0 Å². The van der Waals surface area contributed by atoms with Gasteiger partial charge in [-0.1, -0.05) is 89.6 Å². The topological polar surface area (TPSA) is 57.5 Å². The Labute approximate surface area is 159 Å². The van der Waals surface area contributed by atoms with Crippen LogP contribution < -0.4 is 0 Å².